The molecule has 0 amide bonds. The van der Waals surface area contributed by atoms with Crippen molar-refractivity contribution in [1.82, 2.24) is 0 Å². The van der Waals surface area contributed by atoms with Crippen LogP contribution < -0.4 is 4.90 Å². The molecule has 0 N–H and O–H groups in total. The van der Waals surface area contributed by atoms with Crippen molar-refractivity contribution in [3.05, 3.63) is 47.0 Å². The molecule has 0 bridgehead atoms. The molecule has 0 heterocycles. The Morgan fingerprint density at radius 3 is 2.60 bits per heavy atom. The number of hydrogen-bond donors (Lipinski definition) is 0. The Labute approximate surface area is 126 Å². The molecule has 0 unspecified atom stereocenters. The molecular weight excluding hydrogens is 268 g/mol. The van der Waals surface area contributed by atoms with Crippen LogP contribution in [0.2, 0.25) is 0 Å². The lowest BCUT2D eigenvalue weighted by atomic mass is 10.1. The molecule has 20 heavy (non-hydrogen) atoms. The van der Waals surface area contributed by atoms with Crippen LogP contribution >= 0.6 is 11.6 Å². The number of halogens is 1. The van der Waals surface area contributed by atoms with Gasteiger partial charge >= 0.3 is 0 Å². The summed E-state index contributed by atoms with van der Waals surface area (Å²) in [5.41, 5.74) is 4.36. The van der Waals surface area contributed by atoms with E-state index in [4.69, 9.17) is 11.6 Å². The third-order valence-corrected chi connectivity index (χ3v) is 3.73. The van der Waals surface area contributed by atoms with Crippen molar-refractivity contribution in [2.75, 3.05) is 18.0 Å². The molecule has 1 aromatic rings. The monoisotopic (exact) mass is 288 g/mol. The highest BCUT2D eigenvalue weighted by atomic mass is 35.5. The van der Waals surface area contributed by atoms with E-state index in [2.05, 4.69) is 48.9 Å². The average Bonchev–Trinajstić information content (AvgIpc) is 2.43. The van der Waals surface area contributed by atoms with Crippen LogP contribution in [0.5, 0.6) is 0 Å². The molecule has 0 atom stereocenters. The second-order valence-electron chi connectivity index (χ2n) is 4.88. The summed E-state index contributed by atoms with van der Waals surface area (Å²) in [6.07, 6.45) is 6.80. The molecule has 3 heteroatoms. The van der Waals surface area contributed by atoms with Gasteiger partial charge in [0, 0.05) is 30.2 Å². The highest BCUT2D eigenvalue weighted by molar-refractivity contribution is 6.32. The zero-order chi connectivity index (χ0) is 14.5. The van der Waals surface area contributed by atoms with Crippen LogP contribution in [-0.4, -0.2) is 18.8 Å². The van der Waals surface area contributed by atoms with Gasteiger partial charge in [-0.3, -0.25) is 0 Å². The lowest BCUT2D eigenvalue weighted by Crippen LogP contribution is -2.21. The molecule has 106 valence electrons. The first-order valence-electron chi connectivity index (χ1n) is 7.11. The molecule has 0 radical (unpaired) electrons. The number of allylic oxidation sites excluding steroid dienone is 4. The van der Waals surface area contributed by atoms with Gasteiger partial charge in [-0.05, 0) is 56.7 Å². The summed E-state index contributed by atoms with van der Waals surface area (Å²) < 4.78 is 0. The van der Waals surface area contributed by atoms with Crippen LogP contribution in [0.4, 0.5) is 11.4 Å². The Hall–Kier alpha value is -1.54. The van der Waals surface area contributed by atoms with Crippen LogP contribution in [0.1, 0.15) is 25.8 Å². The number of rotatable bonds is 4. The molecule has 1 aliphatic carbocycles. The normalized spacial score (nSPS) is 16.4. The third kappa shape index (κ3) is 3.51. The van der Waals surface area contributed by atoms with Crippen molar-refractivity contribution in [3.8, 4) is 0 Å². The molecule has 0 fully saturated rings. The van der Waals surface area contributed by atoms with Gasteiger partial charge < -0.3 is 4.90 Å². The van der Waals surface area contributed by atoms with Gasteiger partial charge in [0.2, 0.25) is 0 Å². The van der Waals surface area contributed by atoms with Crippen molar-refractivity contribution >= 4 is 28.7 Å². The first-order valence-corrected chi connectivity index (χ1v) is 7.48. The minimum atomic E-state index is 0.806. The van der Waals surface area contributed by atoms with Crippen LogP contribution in [0.3, 0.4) is 0 Å². The van der Waals surface area contributed by atoms with Crippen molar-refractivity contribution in [3.63, 3.8) is 0 Å². The summed E-state index contributed by atoms with van der Waals surface area (Å²) in [5.74, 6) is 0. The summed E-state index contributed by atoms with van der Waals surface area (Å²) in [7, 11) is 0. The van der Waals surface area contributed by atoms with E-state index in [1.54, 1.807) is 0 Å². The van der Waals surface area contributed by atoms with E-state index >= 15 is 0 Å². The number of benzene rings is 1. The fourth-order valence-electron chi connectivity index (χ4n) is 2.32. The highest BCUT2D eigenvalue weighted by Gasteiger charge is 2.06. The summed E-state index contributed by atoms with van der Waals surface area (Å²) in [4.78, 5) is 7.01. The largest absolute Gasteiger partial charge is 0.372 e. The summed E-state index contributed by atoms with van der Waals surface area (Å²) >= 11 is 6.04. The summed E-state index contributed by atoms with van der Waals surface area (Å²) in [6, 6.07) is 6.42. The Morgan fingerprint density at radius 2 is 2.00 bits per heavy atom. The van der Waals surface area contributed by atoms with Crippen LogP contribution in [0.25, 0.3) is 0 Å². The second-order valence-corrected chi connectivity index (χ2v) is 5.36. The number of aliphatic imine (C=N–C) groups is 1. The third-order valence-electron chi connectivity index (χ3n) is 3.46. The SMILES string of the molecule is CCN(CC)c1ccc(N=C2C=CCC(Cl)=C2)c(C)c1. The first kappa shape index (κ1) is 14.9. The Kier molecular flexibility index (Phi) is 5.02. The van der Waals surface area contributed by atoms with E-state index in [-0.39, 0.29) is 0 Å². The minimum Gasteiger partial charge on any atom is -0.372 e. The van der Waals surface area contributed by atoms with E-state index in [1.165, 1.54) is 11.3 Å². The van der Waals surface area contributed by atoms with Crippen molar-refractivity contribution in [2.45, 2.75) is 27.2 Å². The van der Waals surface area contributed by atoms with E-state index in [0.29, 0.717) is 0 Å². The molecule has 1 aromatic carbocycles. The van der Waals surface area contributed by atoms with Crippen molar-refractivity contribution < 1.29 is 0 Å². The van der Waals surface area contributed by atoms with Crippen LogP contribution in [0, 0.1) is 6.92 Å². The fourth-order valence-corrected chi connectivity index (χ4v) is 2.52. The summed E-state index contributed by atoms with van der Waals surface area (Å²) in [5, 5.41) is 0.837. The van der Waals surface area contributed by atoms with Gasteiger partial charge in [0.25, 0.3) is 0 Å². The molecule has 0 saturated heterocycles. The van der Waals surface area contributed by atoms with Gasteiger partial charge in [-0.15, -0.1) is 0 Å². The molecule has 0 spiro atoms. The zero-order valence-corrected chi connectivity index (χ0v) is 13.1. The molecule has 2 nitrogen and oxygen atoms in total. The van der Waals surface area contributed by atoms with Gasteiger partial charge in [-0.2, -0.15) is 0 Å². The second kappa shape index (κ2) is 6.76. The fraction of sp³-hybridized carbons (Fsp3) is 0.353. The van der Waals surface area contributed by atoms with Crippen molar-refractivity contribution in [1.29, 1.82) is 0 Å². The standard InChI is InChI=1S/C17H21ClN2/c1-4-20(5-2)16-9-10-17(13(3)11-16)19-15-8-6-7-14(18)12-15/h6,8-12H,4-5,7H2,1-3H3. The Morgan fingerprint density at radius 1 is 1.25 bits per heavy atom. The highest BCUT2D eigenvalue weighted by Crippen LogP contribution is 2.26. The molecule has 0 aromatic heterocycles. The van der Waals surface area contributed by atoms with Crippen molar-refractivity contribution in [2.24, 2.45) is 4.99 Å². The average molecular weight is 289 g/mol. The number of anilines is 1. The summed E-state index contributed by atoms with van der Waals surface area (Å²) in [6.45, 7) is 8.49. The number of aryl methyl sites for hydroxylation is 1. The van der Waals surface area contributed by atoms with E-state index in [1.807, 2.05) is 18.2 Å². The van der Waals surface area contributed by atoms with E-state index < -0.39 is 0 Å². The maximum Gasteiger partial charge on any atom is 0.0667 e. The quantitative estimate of drug-likeness (QED) is 0.761. The van der Waals surface area contributed by atoms with Crippen LogP contribution in [0.15, 0.2) is 46.5 Å². The van der Waals surface area contributed by atoms with Gasteiger partial charge in [-0.1, -0.05) is 17.7 Å². The van der Waals surface area contributed by atoms with E-state index in [9.17, 15) is 0 Å². The zero-order valence-electron chi connectivity index (χ0n) is 12.4. The number of nitrogens with zero attached hydrogens (tertiary/aromatic N) is 2. The minimum absolute atomic E-state index is 0.806. The lowest BCUT2D eigenvalue weighted by molar-refractivity contribution is 0.865. The van der Waals surface area contributed by atoms with Crippen LogP contribution in [-0.2, 0) is 0 Å². The molecule has 2 rings (SSSR count). The molecular formula is C17H21ClN2. The smallest absolute Gasteiger partial charge is 0.0667 e. The number of hydrogen-bond acceptors (Lipinski definition) is 2. The van der Waals surface area contributed by atoms with Gasteiger partial charge in [0.05, 0.1) is 11.4 Å². The lowest BCUT2D eigenvalue weighted by Gasteiger charge is -2.21. The molecule has 0 aliphatic heterocycles. The molecule has 0 saturated carbocycles. The van der Waals surface area contributed by atoms with Gasteiger partial charge in [0.15, 0.2) is 0 Å². The Bertz CT molecular complexity index is 566. The topological polar surface area (TPSA) is 15.6 Å². The van der Waals surface area contributed by atoms with E-state index in [0.717, 1.165) is 35.9 Å². The molecule has 1 aliphatic rings. The maximum atomic E-state index is 6.04. The predicted molar refractivity (Wildman–Crippen MR) is 89.5 cm³/mol. The maximum absolute atomic E-state index is 6.04. The predicted octanol–water partition coefficient (Wildman–Crippen LogP) is 5.00. The first-order chi connectivity index (χ1) is 9.63. The van der Waals surface area contributed by atoms with Gasteiger partial charge in [-0.25, -0.2) is 4.99 Å². The van der Waals surface area contributed by atoms with Gasteiger partial charge in [0.1, 0.15) is 0 Å². The Balaban J connectivity index is 2.28.